The smallest absolute Gasteiger partial charge is 0.138 e. The van der Waals surface area contributed by atoms with E-state index in [9.17, 15) is 0 Å². The molecular formula is C38H30N2. The Balaban J connectivity index is 1.61. The van der Waals surface area contributed by atoms with Gasteiger partial charge in [0.1, 0.15) is 5.84 Å². The van der Waals surface area contributed by atoms with Gasteiger partial charge in [-0.2, -0.15) is 0 Å². The maximum absolute atomic E-state index is 4.76. The molecule has 1 aliphatic rings. The van der Waals surface area contributed by atoms with Crippen molar-refractivity contribution in [3.63, 3.8) is 0 Å². The maximum Gasteiger partial charge on any atom is 0.138 e. The molecule has 0 saturated carbocycles. The summed E-state index contributed by atoms with van der Waals surface area (Å²) in [6, 6.07) is 31.6. The van der Waals surface area contributed by atoms with E-state index in [1.807, 2.05) is 24.4 Å². The Bertz CT molecular complexity index is 2050. The molecular weight excluding hydrogens is 484 g/mol. The molecule has 0 aliphatic carbocycles. The summed E-state index contributed by atoms with van der Waals surface area (Å²) in [4.78, 5) is 4.76. The first-order valence-corrected chi connectivity index (χ1v) is 13.7. The number of aliphatic imine (C=N–C) groups is 1. The zero-order chi connectivity index (χ0) is 27.4. The van der Waals surface area contributed by atoms with Gasteiger partial charge in [-0.05, 0) is 93.6 Å². The number of benzene rings is 6. The molecule has 0 bridgehead atoms. The molecule has 1 N–H and O–H groups in total. The van der Waals surface area contributed by atoms with Crippen molar-refractivity contribution < 1.29 is 0 Å². The predicted octanol–water partition coefficient (Wildman–Crippen LogP) is 9.78. The molecule has 2 nitrogen and oxygen atoms in total. The van der Waals surface area contributed by atoms with Crippen molar-refractivity contribution in [3.05, 3.63) is 144 Å². The summed E-state index contributed by atoms with van der Waals surface area (Å²) in [5.74, 6) is 0.803. The van der Waals surface area contributed by atoms with Crippen LogP contribution in [0.5, 0.6) is 0 Å². The van der Waals surface area contributed by atoms with Crippen molar-refractivity contribution in [3.8, 4) is 22.3 Å². The van der Waals surface area contributed by atoms with E-state index < -0.39 is 0 Å². The molecule has 40 heavy (non-hydrogen) atoms. The third-order valence-corrected chi connectivity index (χ3v) is 7.88. The largest absolute Gasteiger partial charge is 0.340 e. The van der Waals surface area contributed by atoms with Crippen LogP contribution in [0, 0.1) is 20.8 Å². The van der Waals surface area contributed by atoms with Crippen molar-refractivity contribution in [2.45, 2.75) is 20.8 Å². The van der Waals surface area contributed by atoms with Gasteiger partial charge < -0.3 is 5.32 Å². The summed E-state index contributed by atoms with van der Waals surface area (Å²) >= 11 is 0. The minimum atomic E-state index is 0.803. The van der Waals surface area contributed by atoms with Gasteiger partial charge in [-0.25, -0.2) is 4.99 Å². The summed E-state index contributed by atoms with van der Waals surface area (Å²) in [7, 11) is 0. The number of amidine groups is 1. The van der Waals surface area contributed by atoms with Crippen molar-refractivity contribution in [2.75, 3.05) is 0 Å². The zero-order valence-corrected chi connectivity index (χ0v) is 23.0. The summed E-state index contributed by atoms with van der Waals surface area (Å²) < 4.78 is 0. The fraction of sp³-hybridized carbons (Fsp3) is 0.0789. The van der Waals surface area contributed by atoms with Gasteiger partial charge in [-0.1, -0.05) is 108 Å². The van der Waals surface area contributed by atoms with Crippen LogP contribution in [0.1, 0.15) is 22.3 Å². The summed E-state index contributed by atoms with van der Waals surface area (Å²) in [5.41, 5.74) is 10.7. The lowest BCUT2D eigenvalue weighted by atomic mass is 9.84. The average Bonchev–Trinajstić information content (AvgIpc) is 2.92. The third-order valence-electron chi connectivity index (χ3n) is 7.88. The van der Waals surface area contributed by atoms with Crippen molar-refractivity contribution >= 4 is 38.2 Å². The highest BCUT2D eigenvalue weighted by Gasteiger charge is 2.19. The minimum absolute atomic E-state index is 0.803. The lowest BCUT2D eigenvalue weighted by Crippen LogP contribution is -2.23. The van der Waals surface area contributed by atoms with E-state index in [1.165, 1.54) is 71.3 Å². The van der Waals surface area contributed by atoms with E-state index >= 15 is 0 Å². The fourth-order valence-corrected chi connectivity index (χ4v) is 6.23. The Morgan fingerprint density at radius 3 is 2.05 bits per heavy atom. The molecule has 6 aromatic rings. The molecule has 1 heterocycles. The minimum Gasteiger partial charge on any atom is -0.340 e. The van der Waals surface area contributed by atoms with Crippen molar-refractivity contribution in [1.29, 1.82) is 0 Å². The molecule has 6 aromatic carbocycles. The first-order valence-electron chi connectivity index (χ1n) is 13.7. The lowest BCUT2D eigenvalue weighted by Gasteiger charge is -2.20. The van der Waals surface area contributed by atoms with E-state index in [1.54, 1.807) is 0 Å². The van der Waals surface area contributed by atoms with Gasteiger partial charge in [-0.15, -0.1) is 0 Å². The Kier molecular flexibility index (Phi) is 5.64. The van der Waals surface area contributed by atoms with Crippen molar-refractivity contribution in [1.82, 2.24) is 5.32 Å². The number of aryl methyl sites for hydroxylation is 3. The highest BCUT2D eigenvalue weighted by atomic mass is 15.0. The Hall–Kier alpha value is -4.95. The van der Waals surface area contributed by atoms with Crippen LogP contribution < -0.4 is 5.32 Å². The van der Waals surface area contributed by atoms with E-state index in [0.29, 0.717) is 0 Å². The van der Waals surface area contributed by atoms with Gasteiger partial charge in [0.15, 0.2) is 0 Å². The summed E-state index contributed by atoms with van der Waals surface area (Å²) in [6.07, 6.45) is 7.68. The Morgan fingerprint density at radius 1 is 0.600 bits per heavy atom. The molecule has 0 amide bonds. The quantitative estimate of drug-likeness (QED) is 0.234. The van der Waals surface area contributed by atoms with Gasteiger partial charge in [0.2, 0.25) is 0 Å². The van der Waals surface area contributed by atoms with Gasteiger partial charge in [0.05, 0.1) is 0 Å². The first kappa shape index (κ1) is 24.1. The van der Waals surface area contributed by atoms with E-state index in [0.717, 1.165) is 17.1 Å². The van der Waals surface area contributed by atoms with Crippen LogP contribution in [0.3, 0.4) is 0 Å². The van der Waals surface area contributed by atoms with E-state index in [2.05, 4.69) is 118 Å². The first-order chi connectivity index (χ1) is 19.5. The number of allylic oxidation sites excluding steroid dienone is 3. The van der Waals surface area contributed by atoms with Gasteiger partial charge in [0, 0.05) is 17.5 Å². The molecule has 1 aliphatic heterocycles. The summed E-state index contributed by atoms with van der Waals surface area (Å²) in [6.45, 7) is 10.7. The average molecular weight is 515 g/mol. The molecule has 0 unspecified atom stereocenters. The molecule has 7 rings (SSSR count). The number of rotatable bonds is 3. The van der Waals surface area contributed by atoms with Crippen LogP contribution in [0.15, 0.2) is 127 Å². The van der Waals surface area contributed by atoms with Gasteiger partial charge in [-0.3, -0.25) is 0 Å². The van der Waals surface area contributed by atoms with Crippen LogP contribution in [0.25, 0.3) is 54.6 Å². The van der Waals surface area contributed by atoms with Gasteiger partial charge >= 0.3 is 0 Å². The SMILES string of the molecule is C=C1/C=C\C=C/N=C(c2ccc3ccc4c(-c5cccc(C)c5)cc(-c5cc(C)cc(C)c5)c5ccc2c3c45)N1. The molecule has 2 heteroatoms. The molecule has 0 aromatic heterocycles. The Morgan fingerprint density at radius 2 is 1.27 bits per heavy atom. The predicted molar refractivity (Wildman–Crippen MR) is 172 cm³/mol. The number of nitrogens with one attached hydrogen (secondary N) is 1. The number of hydrogen-bond acceptors (Lipinski definition) is 2. The molecule has 0 atom stereocenters. The molecule has 0 radical (unpaired) electrons. The number of hydrogen-bond donors (Lipinski definition) is 1. The maximum atomic E-state index is 4.76. The van der Waals surface area contributed by atoms with Crippen LogP contribution in [-0.4, -0.2) is 5.84 Å². The van der Waals surface area contributed by atoms with E-state index in [4.69, 9.17) is 4.99 Å². The second-order valence-electron chi connectivity index (χ2n) is 10.9. The number of nitrogens with zero attached hydrogens (tertiary/aromatic N) is 1. The topological polar surface area (TPSA) is 24.4 Å². The van der Waals surface area contributed by atoms with Crippen LogP contribution in [0.4, 0.5) is 0 Å². The molecule has 0 saturated heterocycles. The second-order valence-corrected chi connectivity index (χ2v) is 10.9. The fourth-order valence-electron chi connectivity index (χ4n) is 6.23. The highest BCUT2D eigenvalue weighted by molar-refractivity contribution is 6.30. The lowest BCUT2D eigenvalue weighted by molar-refractivity contribution is 1.17. The summed E-state index contributed by atoms with van der Waals surface area (Å²) in [5, 5.41) is 10.9. The van der Waals surface area contributed by atoms with Crippen molar-refractivity contribution in [2.24, 2.45) is 4.99 Å². The van der Waals surface area contributed by atoms with Crippen LogP contribution in [-0.2, 0) is 0 Å². The van der Waals surface area contributed by atoms with Crippen LogP contribution >= 0.6 is 0 Å². The normalized spacial score (nSPS) is 15.2. The zero-order valence-electron chi connectivity index (χ0n) is 23.0. The van der Waals surface area contributed by atoms with Gasteiger partial charge in [0.25, 0.3) is 0 Å². The van der Waals surface area contributed by atoms with E-state index in [-0.39, 0.29) is 0 Å². The molecule has 0 spiro atoms. The highest BCUT2D eigenvalue weighted by Crippen LogP contribution is 2.45. The molecule has 0 fully saturated rings. The van der Waals surface area contributed by atoms with Crippen LogP contribution in [0.2, 0.25) is 0 Å². The second kappa shape index (κ2) is 9.36. The Labute approximate surface area is 235 Å². The monoisotopic (exact) mass is 514 g/mol. The molecule has 192 valence electrons. The standard InChI is InChI=1S/C38H30N2/c1-23-8-7-10-28(19-23)34-22-35(29-20-24(2)18-25(3)21-29)32-16-15-30-33(38-39-17-6-5-9-26(4)40-38)14-12-27-11-13-31(34)37(32)36(27)30/h5-22H,4H2,1-3H3,(H,39,40)/b9-5-,17-6-. The third kappa shape index (κ3) is 4.01.